The number of amides is 1. The highest BCUT2D eigenvalue weighted by Gasteiger charge is 2.30. The van der Waals surface area contributed by atoms with Crippen LogP contribution < -0.4 is 15.5 Å². The zero-order valence-electron chi connectivity index (χ0n) is 19.0. The summed E-state index contributed by atoms with van der Waals surface area (Å²) in [5, 5.41) is 7.69. The number of anilines is 3. The molecule has 3 aromatic rings. The Balaban J connectivity index is 1.29. The molecule has 1 amide bonds. The monoisotopic (exact) mass is 445 g/mol. The van der Waals surface area contributed by atoms with E-state index in [1.54, 1.807) is 0 Å². The minimum absolute atomic E-state index is 0.129. The van der Waals surface area contributed by atoms with Crippen LogP contribution in [-0.2, 0) is 0 Å². The third-order valence-electron chi connectivity index (χ3n) is 7.23. The van der Waals surface area contributed by atoms with Crippen LogP contribution in [0.5, 0.6) is 0 Å². The lowest BCUT2D eigenvalue weighted by molar-refractivity contribution is 0.0638. The second-order valence-electron chi connectivity index (χ2n) is 9.37. The Bertz CT molecular complexity index is 1140. The zero-order valence-corrected chi connectivity index (χ0v) is 19.0. The van der Waals surface area contributed by atoms with E-state index in [4.69, 9.17) is 4.98 Å². The van der Waals surface area contributed by atoms with Gasteiger partial charge in [0.2, 0.25) is 5.95 Å². The molecule has 0 radical (unpaired) electrons. The van der Waals surface area contributed by atoms with Crippen molar-refractivity contribution in [2.24, 2.45) is 0 Å². The number of rotatable bonds is 5. The summed E-state index contributed by atoms with van der Waals surface area (Å²) in [6.45, 7) is 5.82. The van der Waals surface area contributed by atoms with Gasteiger partial charge in [-0.1, -0.05) is 12.8 Å². The molecule has 6 rings (SSSR count). The fourth-order valence-electron chi connectivity index (χ4n) is 5.25. The van der Waals surface area contributed by atoms with Crippen molar-refractivity contribution in [3.63, 3.8) is 0 Å². The Hall–Kier alpha value is -3.13. The molecule has 0 spiro atoms. The van der Waals surface area contributed by atoms with Gasteiger partial charge in [0, 0.05) is 68.3 Å². The fraction of sp³-hybridized carbons (Fsp3) is 0.480. The number of hydrogen-bond donors (Lipinski definition) is 2. The van der Waals surface area contributed by atoms with Gasteiger partial charge in [-0.25, -0.2) is 4.98 Å². The van der Waals surface area contributed by atoms with Crippen LogP contribution in [0.15, 0.2) is 36.5 Å². The van der Waals surface area contributed by atoms with Crippen LogP contribution in [0.2, 0.25) is 0 Å². The quantitative estimate of drug-likeness (QED) is 0.625. The molecule has 172 valence electrons. The summed E-state index contributed by atoms with van der Waals surface area (Å²) in [5.41, 5.74) is 3.83. The Morgan fingerprint density at radius 1 is 1.00 bits per heavy atom. The molecule has 4 heterocycles. The van der Waals surface area contributed by atoms with Crippen molar-refractivity contribution in [3.8, 4) is 0 Å². The summed E-state index contributed by atoms with van der Waals surface area (Å²) >= 11 is 0. The van der Waals surface area contributed by atoms with Crippen molar-refractivity contribution < 1.29 is 4.79 Å². The van der Waals surface area contributed by atoms with Crippen LogP contribution in [0.4, 0.5) is 17.3 Å². The maximum Gasteiger partial charge on any atom is 0.270 e. The van der Waals surface area contributed by atoms with E-state index in [9.17, 15) is 4.79 Å². The Morgan fingerprint density at radius 3 is 2.45 bits per heavy atom. The van der Waals surface area contributed by atoms with Gasteiger partial charge in [-0.2, -0.15) is 4.98 Å². The Morgan fingerprint density at radius 2 is 1.76 bits per heavy atom. The molecule has 33 heavy (non-hydrogen) atoms. The van der Waals surface area contributed by atoms with Crippen LogP contribution in [0, 0.1) is 0 Å². The smallest absolute Gasteiger partial charge is 0.270 e. The third kappa shape index (κ3) is 3.93. The molecule has 0 unspecified atom stereocenters. The Kier molecular flexibility index (Phi) is 5.38. The van der Waals surface area contributed by atoms with Crippen LogP contribution in [0.3, 0.4) is 0 Å². The third-order valence-corrected chi connectivity index (χ3v) is 7.23. The van der Waals surface area contributed by atoms with Gasteiger partial charge in [-0.3, -0.25) is 4.79 Å². The van der Waals surface area contributed by atoms with Crippen LogP contribution in [0.25, 0.3) is 11.0 Å². The van der Waals surface area contributed by atoms with Crippen molar-refractivity contribution in [2.75, 3.05) is 49.5 Å². The SMILES string of the molecule is O=C(c1cc2cnc(Nc3ccc(N4CCNCC4)cc3)nc2n1C1CCCC1)N1CCC1. The van der Waals surface area contributed by atoms with Gasteiger partial charge in [-0.05, 0) is 49.6 Å². The lowest BCUT2D eigenvalue weighted by Gasteiger charge is -2.31. The number of nitrogens with one attached hydrogen (secondary N) is 2. The second kappa shape index (κ2) is 8.67. The van der Waals surface area contributed by atoms with Crippen molar-refractivity contribution in [1.82, 2.24) is 24.8 Å². The van der Waals surface area contributed by atoms with Crippen molar-refractivity contribution >= 4 is 34.3 Å². The molecule has 3 aliphatic rings. The average molecular weight is 446 g/mol. The van der Waals surface area contributed by atoms with E-state index in [-0.39, 0.29) is 5.91 Å². The number of carbonyl (C=O) groups is 1. The molecule has 2 aliphatic heterocycles. The highest BCUT2D eigenvalue weighted by Crippen LogP contribution is 2.35. The van der Waals surface area contributed by atoms with E-state index in [2.05, 4.69) is 49.4 Å². The zero-order chi connectivity index (χ0) is 22.2. The van der Waals surface area contributed by atoms with Gasteiger partial charge < -0.3 is 25.0 Å². The molecule has 0 bridgehead atoms. The van der Waals surface area contributed by atoms with Crippen LogP contribution in [-0.4, -0.2) is 64.6 Å². The number of carbonyl (C=O) groups excluding carboxylic acids is 1. The summed E-state index contributed by atoms with van der Waals surface area (Å²) < 4.78 is 2.20. The maximum absolute atomic E-state index is 13.1. The molecule has 8 heteroatoms. The highest BCUT2D eigenvalue weighted by molar-refractivity contribution is 5.98. The number of fused-ring (bicyclic) bond motifs is 1. The molecule has 1 saturated carbocycles. The van der Waals surface area contributed by atoms with E-state index in [1.807, 2.05) is 17.2 Å². The van der Waals surface area contributed by atoms with E-state index in [1.165, 1.54) is 18.5 Å². The first-order chi connectivity index (χ1) is 16.3. The molecule has 0 atom stereocenters. The van der Waals surface area contributed by atoms with Crippen LogP contribution >= 0.6 is 0 Å². The summed E-state index contributed by atoms with van der Waals surface area (Å²) in [7, 11) is 0. The van der Waals surface area contributed by atoms with Gasteiger partial charge in [0.1, 0.15) is 11.3 Å². The van der Waals surface area contributed by atoms with Gasteiger partial charge >= 0.3 is 0 Å². The van der Waals surface area contributed by atoms with E-state index < -0.39 is 0 Å². The second-order valence-corrected chi connectivity index (χ2v) is 9.37. The molecule has 1 aromatic carbocycles. The molecule has 2 aromatic heterocycles. The van der Waals surface area contributed by atoms with Gasteiger partial charge in [-0.15, -0.1) is 0 Å². The first kappa shape index (κ1) is 20.5. The average Bonchev–Trinajstić information content (AvgIpc) is 3.46. The molecule has 2 saturated heterocycles. The number of likely N-dealkylation sites (tertiary alicyclic amines) is 1. The number of aromatic nitrogens is 3. The minimum atomic E-state index is 0.129. The maximum atomic E-state index is 13.1. The van der Waals surface area contributed by atoms with Crippen molar-refractivity contribution in [1.29, 1.82) is 0 Å². The Labute approximate surface area is 194 Å². The van der Waals surface area contributed by atoms with Crippen LogP contribution in [0.1, 0.15) is 48.6 Å². The van der Waals surface area contributed by atoms with E-state index in [0.717, 1.165) is 80.9 Å². The lowest BCUT2D eigenvalue weighted by atomic mass is 10.2. The summed E-state index contributed by atoms with van der Waals surface area (Å²) in [6.07, 6.45) is 7.55. The summed E-state index contributed by atoms with van der Waals surface area (Å²) in [4.78, 5) is 26.9. The molecule has 1 aliphatic carbocycles. The predicted octanol–water partition coefficient (Wildman–Crippen LogP) is 3.55. The van der Waals surface area contributed by atoms with Gasteiger partial charge in [0.15, 0.2) is 0 Å². The number of hydrogen-bond acceptors (Lipinski definition) is 6. The molecule has 8 nitrogen and oxygen atoms in total. The first-order valence-corrected chi connectivity index (χ1v) is 12.3. The van der Waals surface area contributed by atoms with E-state index >= 15 is 0 Å². The normalized spacial score (nSPS) is 19.2. The van der Waals surface area contributed by atoms with Gasteiger partial charge in [0.05, 0.1) is 0 Å². The first-order valence-electron chi connectivity index (χ1n) is 12.3. The topological polar surface area (TPSA) is 78.3 Å². The van der Waals surface area contributed by atoms with Crippen molar-refractivity contribution in [3.05, 3.63) is 42.2 Å². The summed E-state index contributed by atoms with van der Waals surface area (Å²) in [5.74, 6) is 0.696. The minimum Gasteiger partial charge on any atom is -0.369 e. The van der Waals surface area contributed by atoms with Crippen molar-refractivity contribution in [2.45, 2.75) is 38.1 Å². The standard InChI is InChI=1S/C25H31N7O/c33-24(31-12-3-13-31)22-16-18-17-27-25(29-23(18)32(22)21-4-1-2-5-21)28-19-6-8-20(9-7-19)30-14-10-26-11-15-30/h6-9,16-17,21,26H,1-5,10-15H2,(H,27,28,29). The molecular formula is C25H31N7O. The number of benzene rings is 1. The predicted molar refractivity (Wildman–Crippen MR) is 130 cm³/mol. The largest absolute Gasteiger partial charge is 0.369 e. The fourth-order valence-corrected chi connectivity index (χ4v) is 5.25. The number of nitrogens with zero attached hydrogens (tertiary/aromatic N) is 5. The highest BCUT2D eigenvalue weighted by atomic mass is 16.2. The lowest BCUT2D eigenvalue weighted by Crippen LogP contribution is -2.43. The van der Waals surface area contributed by atoms with E-state index in [0.29, 0.717) is 12.0 Å². The van der Waals surface area contributed by atoms with Gasteiger partial charge in [0.25, 0.3) is 5.91 Å². The summed E-state index contributed by atoms with van der Waals surface area (Å²) in [6, 6.07) is 10.8. The number of piperazine rings is 1. The molecule has 2 N–H and O–H groups in total. The molecule has 3 fully saturated rings. The molecular weight excluding hydrogens is 414 g/mol.